The first-order valence-electron chi connectivity index (χ1n) is 1.26. The van der Waals surface area contributed by atoms with Gasteiger partial charge in [0, 0.05) is 17.1 Å². The summed E-state index contributed by atoms with van der Waals surface area (Å²) in [6.45, 7) is 0. The van der Waals surface area contributed by atoms with Crippen molar-refractivity contribution < 1.29 is 44.9 Å². The van der Waals surface area contributed by atoms with E-state index < -0.39 is 15.5 Å². The molecule has 0 heterocycles. The van der Waals surface area contributed by atoms with Crippen LogP contribution in [0, 0.1) is 10.1 Å². The van der Waals surface area contributed by atoms with Gasteiger partial charge in [-0.05, 0) is 0 Å². The number of nitrogens with zero attached hydrogens (tertiary/aromatic N) is 1. The second-order valence-corrected chi connectivity index (χ2v) is 1.58. The quantitative estimate of drug-likeness (QED) is 0.204. The Labute approximate surface area is 66.0 Å². The zero-order chi connectivity index (χ0) is 8.08. The molecule has 0 rings (SSSR count). The van der Waals surface area contributed by atoms with Gasteiger partial charge in [-0.1, -0.05) is 0 Å². The molecule has 0 aromatic rings. The molecule has 0 spiro atoms. The first kappa shape index (κ1) is 16.3. The van der Waals surface area contributed by atoms with Crippen molar-refractivity contribution in [3.8, 4) is 0 Å². The molecular weight excluding hydrogens is 214 g/mol. The molecule has 0 aromatic carbocycles. The van der Waals surface area contributed by atoms with Gasteiger partial charge in [0.15, 0.2) is 0 Å². The van der Waals surface area contributed by atoms with Crippen molar-refractivity contribution in [3.05, 3.63) is 10.1 Å². The van der Waals surface area contributed by atoms with Crippen molar-refractivity contribution >= 4 is 10.4 Å². The largest absolute Gasteiger partial charge is 0.394 e. The minimum Gasteiger partial charge on any atom is -0.328 e. The molecule has 0 saturated carbocycles. The predicted molar refractivity (Wildman–Crippen MR) is 23.0 cm³/mol. The molecule has 8 nitrogen and oxygen atoms in total. The SMILES string of the molecule is O=S(=O)(O)O.O=[N+]([O-])O.[Fe]. The topological polar surface area (TPSA) is 138 Å². The molecule has 0 saturated heterocycles. The van der Waals surface area contributed by atoms with Crippen molar-refractivity contribution in [1.29, 1.82) is 0 Å². The van der Waals surface area contributed by atoms with Crippen LogP contribution >= 0.6 is 0 Å². The molecule has 3 N–H and O–H groups in total. The van der Waals surface area contributed by atoms with Gasteiger partial charge in [0.2, 0.25) is 0 Å². The van der Waals surface area contributed by atoms with Gasteiger partial charge in [0.05, 0.1) is 0 Å². The summed E-state index contributed by atoms with van der Waals surface area (Å²) < 4.78 is 31.6. The summed E-state index contributed by atoms with van der Waals surface area (Å²) in [5.74, 6) is 0. The molecule has 0 aliphatic carbocycles. The monoisotopic (exact) mass is 217 g/mol. The van der Waals surface area contributed by atoms with Gasteiger partial charge >= 0.3 is 10.4 Å². The number of hydrogen-bond acceptors (Lipinski definition) is 4. The first-order chi connectivity index (χ1) is 3.73. The molecule has 64 valence electrons. The summed E-state index contributed by atoms with van der Waals surface area (Å²) in [5, 5.41) is 13.6. The van der Waals surface area contributed by atoms with Gasteiger partial charge in [0.25, 0.3) is 5.09 Å². The minimum absolute atomic E-state index is 0. The van der Waals surface area contributed by atoms with Crippen LogP contribution in [-0.2, 0) is 27.5 Å². The third-order valence-corrected chi connectivity index (χ3v) is 0. The first-order valence-corrected chi connectivity index (χ1v) is 2.66. The van der Waals surface area contributed by atoms with Gasteiger partial charge in [-0.2, -0.15) is 8.42 Å². The molecule has 10 heavy (non-hydrogen) atoms. The van der Waals surface area contributed by atoms with Crippen molar-refractivity contribution in [1.82, 2.24) is 0 Å². The van der Waals surface area contributed by atoms with Crippen molar-refractivity contribution in [2.45, 2.75) is 0 Å². The molecule has 0 aliphatic heterocycles. The van der Waals surface area contributed by atoms with Crippen LogP contribution in [0.2, 0.25) is 0 Å². The number of hydrogen-bond donors (Lipinski definition) is 3. The van der Waals surface area contributed by atoms with Crippen LogP contribution in [-0.4, -0.2) is 27.8 Å². The second-order valence-electron chi connectivity index (χ2n) is 0.686. The fourth-order valence-electron chi connectivity index (χ4n) is 0. The van der Waals surface area contributed by atoms with E-state index in [0.29, 0.717) is 0 Å². The molecule has 0 unspecified atom stereocenters. The molecule has 0 fully saturated rings. The molecule has 0 aliphatic rings. The van der Waals surface area contributed by atoms with E-state index in [9.17, 15) is 0 Å². The Morgan fingerprint density at radius 3 is 1.30 bits per heavy atom. The molecular formula is H3FeNO7S. The normalized spacial score (nSPS) is 8.20. The summed E-state index contributed by atoms with van der Waals surface area (Å²) in [4.78, 5) is 8.36. The molecule has 0 atom stereocenters. The van der Waals surface area contributed by atoms with Gasteiger partial charge in [-0.3, -0.25) is 9.11 Å². The van der Waals surface area contributed by atoms with E-state index in [1.165, 1.54) is 0 Å². The standard InChI is InChI=1S/Fe.HNO3.H2O4S/c;2-1(3)4;1-5(2,3)4/h;(H,2,3,4);(H2,1,2,3,4). The van der Waals surface area contributed by atoms with Crippen LogP contribution in [0.3, 0.4) is 0 Å². The molecule has 10 heteroatoms. The van der Waals surface area contributed by atoms with E-state index in [-0.39, 0.29) is 17.1 Å². The Kier molecular flexibility index (Phi) is 10.9. The van der Waals surface area contributed by atoms with Crippen molar-refractivity contribution in [2.24, 2.45) is 0 Å². The second kappa shape index (κ2) is 6.71. The minimum atomic E-state index is -4.67. The van der Waals surface area contributed by atoms with E-state index in [1.54, 1.807) is 0 Å². The maximum absolute atomic E-state index is 8.74. The van der Waals surface area contributed by atoms with Gasteiger partial charge in [-0.25, -0.2) is 0 Å². The zero-order valence-electron chi connectivity index (χ0n) is 4.18. The fourth-order valence-corrected chi connectivity index (χ4v) is 0. The summed E-state index contributed by atoms with van der Waals surface area (Å²) in [7, 11) is -4.67. The fraction of sp³-hybridized carbons (Fsp3) is 0. The van der Waals surface area contributed by atoms with Crippen LogP contribution in [0.1, 0.15) is 0 Å². The van der Waals surface area contributed by atoms with Crippen LogP contribution in [0.15, 0.2) is 0 Å². The Balaban J connectivity index is -0.0000000910. The zero-order valence-corrected chi connectivity index (χ0v) is 6.10. The maximum atomic E-state index is 8.74. The molecule has 0 bridgehead atoms. The van der Waals surface area contributed by atoms with Crippen LogP contribution < -0.4 is 0 Å². The van der Waals surface area contributed by atoms with Gasteiger partial charge in [0.1, 0.15) is 0 Å². The van der Waals surface area contributed by atoms with E-state index in [4.69, 9.17) is 32.8 Å². The van der Waals surface area contributed by atoms with Crippen LogP contribution in [0.4, 0.5) is 0 Å². The average Bonchev–Trinajstić information content (AvgIpc) is 1.19. The summed E-state index contributed by atoms with van der Waals surface area (Å²) >= 11 is 0. The maximum Gasteiger partial charge on any atom is 0.394 e. The molecule has 0 radical (unpaired) electrons. The van der Waals surface area contributed by atoms with Crippen LogP contribution in [0.5, 0.6) is 0 Å². The smallest absolute Gasteiger partial charge is 0.328 e. The Hall–Kier alpha value is -0.411. The third-order valence-electron chi connectivity index (χ3n) is 0. The number of rotatable bonds is 0. The van der Waals surface area contributed by atoms with Gasteiger partial charge < -0.3 is 5.21 Å². The summed E-state index contributed by atoms with van der Waals surface area (Å²) in [5.41, 5.74) is 0. The van der Waals surface area contributed by atoms with E-state index in [0.717, 1.165) is 0 Å². The Bertz CT molecular complexity index is 156. The van der Waals surface area contributed by atoms with E-state index >= 15 is 0 Å². The van der Waals surface area contributed by atoms with E-state index in [2.05, 4.69) is 0 Å². The van der Waals surface area contributed by atoms with Crippen molar-refractivity contribution in [2.75, 3.05) is 0 Å². The predicted octanol–water partition coefficient (Wildman–Crippen LogP) is -1.00. The summed E-state index contributed by atoms with van der Waals surface area (Å²) in [6.07, 6.45) is 0. The van der Waals surface area contributed by atoms with Gasteiger partial charge in [-0.15, -0.1) is 10.1 Å². The molecule has 0 aromatic heterocycles. The molecule has 0 amide bonds. The average molecular weight is 217 g/mol. The Morgan fingerprint density at radius 2 is 1.30 bits per heavy atom. The summed E-state index contributed by atoms with van der Waals surface area (Å²) in [6, 6.07) is 0. The van der Waals surface area contributed by atoms with E-state index in [1.807, 2.05) is 0 Å². The van der Waals surface area contributed by atoms with Crippen molar-refractivity contribution in [3.63, 3.8) is 0 Å². The van der Waals surface area contributed by atoms with Crippen LogP contribution in [0.25, 0.3) is 0 Å². The Morgan fingerprint density at radius 1 is 1.30 bits per heavy atom. The third kappa shape index (κ3) is 1960.